The van der Waals surface area contributed by atoms with Gasteiger partial charge in [-0.1, -0.05) is 54.6 Å². The molecule has 1 aromatic heterocycles. The summed E-state index contributed by atoms with van der Waals surface area (Å²) in [5, 5.41) is 10.9. The van der Waals surface area contributed by atoms with Crippen LogP contribution in [0, 0.1) is 0 Å². The quantitative estimate of drug-likeness (QED) is 0.482. The molecule has 0 radical (unpaired) electrons. The normalized spacial score (nSPS) is 13.9. The van der Waals surface area contributed by atoms with Gasteiger partial charge in [0.05, 0.1) is 10.4 Å². The van der Waals surface area contributed by atoms with Crippen molar-refractivity contribution < 1.29 is 17.9 Å². The van der Waals surface area contributed by atoms with Crippen molar-refractivity contribution in [2.24, 2.45) is 7.05 Å². The first-order valence-corrected chi connectivity index (χ1v) is 11.1. The molecule has 8 heteroatoms. The number of aliphatic hydroxyl groups is 1. The minimum absolute atomic E-state index is 0.0216. The molecular formula is C23H22N2O5S. The molecule has 7 nitrogen and oxygen atoms in total. The Labute approximate surface area is 179 Å². The second kappa shape index (κ2) is 7.81. The topological polar surface area (TPSA) is 102 Å². The van der Waals surface area contributed by atoms with Gasteiger partial charge in [0.2, 0.25) is 10.0 Å². The maximum absolute atomic E-state index is 12.8. The van der Waals surface area contributed by atoms with E-state index in [0.29, 0.717) is 16.7 Å². The van der Waals surface area contributed by atoms with E-state index >= 15 is 0 Å². The molecule has 4 rings (SSSR count). The largest absolute Gasteiger partial charge is 0.419 e. The average Bonchev–Trinajstić information content (AvgIpc) is 3.06. The number of hydrogen-bond acceptors (Lipinski definition) is 5. The van der Waals surface area contributed by atoms with Crippen molar-refractivity contribution in [1.82, 2.24) is 9.29 Å². The number of oxazole rings is 1. The molecule has 4 aromatic rings. The SMILES string of the molecule is Cn1c(=O)oc2ccc(S(=O)(=O)NC[C@](C)(O)c3ccc(-c4ccccc4)cc3)cc21. The molecule has 2 N–H and O–H groups in total. The molecule has 0 aliphatic carbocycles. The van der Waals surface area contributed by atoms with E-state index in [2.05, 4.69) is 4.72 Å². The lowest BCUT2D eigenvalue weighted by Crippen LogP contribution is -2.38. The summed E-state index contributed by atoms with van der Waals surface area (Å²) in [6.07, 6.45) is 0. The molecule has 1 heterocycles. The molecule has 0 aliphatic heterocycles. The number of nitrogens with zero attached hydrogens (tertiary/aromatic N) is 1. The zero-order valence-corrected chi connectivity index (χ0v) is 17.9. The molecule has 0 fully saturated rings. The standard InChI is InChI=1S/C23H22N2O5S/c1-23(27,18-10-8-17(9-11-18)16-6-4-3-5-7-16)15-24-31(28,29)19-12-13-21-20(14-19)25(2)22(26)30-21/h3-14,24,27H,15H2,1-2H3/t23-/m0/s1. The van der Waals surface area contributed by atoms with E-state index in [-0.39, 0.29) is 11.4 Å². The first kappa shape index (κ1) is 21.0. The molecule has 0 bridgehead atoms. The highest BCUT2D eigenvalue weighted by molar-refractivity contribution is 7.89. The third kappa shape index (κ3) is 4.18. The fourth-order valence-electron chi connectivity index (χ4n) is 3.35. The van der Waals surface area contributed by atoms with Gasteiger partial charge in [-0.3, -0.25) is 4.57 Å². The molecule has 0 amide bonds. The van der Waals surface area contributed by atoms with E-state index in [1.165, 1.54) is 29.8 Å². The van der Waals surface area contributed by atoms with Gasteiger partial charge in [-0.2, -0.15) is 0 Å². The van der Waals surface area contributed by atoms with Crippen LogP contribution in [0.1, 0.15) is 12.5 Å². The number of fused-ring (bicyclic) bond motifs is 1. The lowest BCUT2D eigenvalue weighted by Gasteiger charge is -2.24. The minimum Gasteiger partial charge on any atom is -0.408 e. The summed E-state index contributed by atoms with van der Waals surface area (Å²) in [6.45, 7) is 1.33. The van der Waals surface area contributed by atoms with Gasteiger partial charge in [0, 0.05) is 13.6 Å². The monoisotopic (exact) mass is 438 g/mol. The smallest absolute Gasteiger partial charge is 0.408 e. The molecule has 0 aliphatic rings. The maximum Gasteiger partial charge on any atom is 0.419 e. The van der Waals surface area contributed by atoms with Gasteiger partial charge < -0.3 is 9.52 Å². The van der Waals surface area contributed by atoms with Crippen LogP contribution in [0.5, 0.6) is 0 Å². The second-order valence-corrected chi connectivity index (χ2v) is 9.37. The summed E-state index contributed by atoms with van der Waals surface area (Å²) in [6, 6.07) is 21.3. The predicted molar refractivity (Wildman–Crippen MR) is 118 cm³/mol. The van der Waals surface area contributed by atoms with Gasteiger partial charge in [0.15, 0.2) is 5.58 Å². The molecular weight excluding hydrogens is 416 g/mol. The Morgan fingerprint density at radius 2 is 1.65 bits per heavy atom. The molecule has 0 unspecified atom stereocenters. The molecule has 31 heavy (non-hydrogen) atoms. The van der Waals surface area contributed by atoms with Crippen LogP contribution in [-0.4, -0.2) is 24.6 Å². The highest BCUT2D eigenvalue weighted by Crippen LogP contribution is 2.25. The van der Waals surface area contributed by atoms with Gasteiger partial charge in [0.25, 0.3) is 0 Å². The fourth-order valence-corrected chi connectivity index (χ4v) is 4.50. The summed E-state index contributed by atoms with van der Waals surface area (Å²) in [7, 11) is -2.42. The molecule has 160 valence electrons. The average molecular weight is 439 g/mol. The molecule has 3 aromatic carbocycles. The van der Waals surface area contributed by atoms with Crippen LogP contribution in [0.3, 0.4) is 0 Å². The van der Waals surface area contributed by atoms with Crippen LogP contribution in [0.25, 0.3) is 22.2 Å². The number of hydrogen-bond donors (Lipinski definition) is 2. The highest BCUT2D eigenvalue weighted by Gasteiger charge is 2.26. The summed E-state index contributed by atoms with van der Waals surface area (Å²) >= 11 is 0. The Morgan fingerprint density at radius 1 is 1.00 bits per heavy atom. The van der Waals surface area contributed by atoms with Crippen molar-refractivity contribution in [3.63, 3.8) is 0 Å². The fraction of sp³-hybridized carbons (Fsp3) is 0.174. The van der Waals surface area contributed by atoms with E-state index in [1.807, 2.05) is 42.5 Å². The zero-order chi connectivity index (χ0) is 22.2. The Kier molecular flexibility index (Phi) is 5.30. The summed E-state index contributed by atoms with van der Waals surface area (Å²) in [4.78, 5) is 11.6. The second-order valence-electron chi connectivity index (χ2n) is 7.60. The van der Waals surface area contributed by atoms with Crippen molar-refractivity contribution in [2.75, 3.05) is 6.54 Å². The Bertz CT molecular complexity index is 1390. The Hall–Kier alpha value is -3.20. The first-order valence-electron chi connectivity index (χ1n) is 9.65. The van der Waals surface area contributed by atoms with Crippen LogP contribution < -0.4 is 10.5 Å². The minimum atomic E-state index is -3.92. The Morgan fingerprint density at radius 3 is 2.32 bits per heavy atom. The summed E-state index contributed by atoms with van der Waals surface area (Å²) < 4.78 is 34.3. The van der Waals surface area contributed by atoms with E-state index < -0.39 is 21.4 Å². The number of sulfonamides is 1. The van der Waals surface area contributed by atoms with Gasteiger partial charge in [-0.05, 0) is 41.8 Å². The molecule has 0 saturated carbocycles. The molecule has 0 saturated heterocycles. The van der Waals surface area contributed by atoms with E-state index in [9.17, 15) is 18.3 Å². The third-order valence-corrected chi connectivity index (χ3v) is 6.69. The maximum atomic E-state index is 12.8. The van der Waals surface area contributed by atoms with Crippen LogP contribution in [0.4, 0.5) is 0 Å². The third-order valence-electron chi connectivity index (χ3n) is 5.29. The van der Waals surface area contributed by atoms with Crippen molar-refractivity contribution in [3.05, 3.63) is 88.9 Å². The zero-order valence-electron chi connectivity index (χ0n) is 17.1. The van der Waals surface area contributed by atoms with Gasteiger partial charge in [0.1, 0.15) is 5.60 Å². The number of aromatic nitrogens is 1. The number of aryl methyl sites for hydroxylation is 1. The highest BCUT2D eigenvalue weighted by atomic mass is 32.2. The number of benzene rings is 3. The molecule has 1 atom stereocenters. The van der Waals surface area contributed by atoms with Crippen LogP contribution in [-0.2, 0) is 22.7 Å². The van der Waals surface area contributed by atoms with Gasteiger partial charge >= 0.3 is 5.76 Å². The predicted octanol–water partition coefficient (Wildman–Crippen LogP) is 2.98. The summed E-state index contributed by atoms with van der Waals surface area (Å²) in [5.74, 6) is -0.570. The van der Waals surface area contributed by atoms with E-state index in [4.69, 9.17) is 4.42 Å². The Balaban J connectivity index is 1.53. The lowest BCUT2D eigenvalue weighted by molar-refractivity contribution is 0.0627. The lowest BCUT2D eigenvalue weighted by atomic mass is 9.94. The van der Waals surface area contributed by atoms with Crippen molar-refractivity contribution >= 4 is 21.1 Å². The summed E-state index contributed by atoms with van der Waals surface area (Å²) in [5.41, 5.74) is 1.89. The van der Waals surface area contributed by atoms with Crippen LogP contribution in [0.15, 0.2) is 86.9 Å². The number of nitrogens with one attached hydrogen (secondary N) is 1. The van der Waals surface area contributed by atoms with E-state index in [0.717, 1.165) is 11.1 Å². The van der Waals surface area contributed by atoms with Crippen LogP contribution in [0.2, 0.25) is 0 Å². The number of rotatable bonds is 6. The van der Waals surface area contributed by atoms with Crippen LogP contribution >= 0.6 is 0 Å². The van der Waals surface area contributed by atoms with Gasteiger partial charge in [-0.25, -0.2) is 17.9 Å². The van der Waals surface area contributed by atoms with E-state index in [1.54, 1.807) is 19.1 Å². The molecule has 0 spiro atoms. The first-order chi connectivity index (χ1) is 14.7. The van der Waals surface area contributed by atoms with Crippen molar-refractivity contribution in [1.29, 1.82) is 0 Å². The van der Waals surface area contributed by atoms with Crippen molar-refractivity contribution in [3.8, 4) is 11.1 Å². The van der Waals surface area contributed by atoms with Crippen molar-refractivity contribution in [2.45, 2.75) is 17.4 Å². The van der Waals surface area contributed by atoms with Gasteiger partial charge in [-0.15, -0.1) is 0 Å².